The molecule has 10 heteroatoms. The van der Waals surface area contributed by atoms with Gasteiger partial charge in [0, 0.05) is 26.2 Å². The molecule has 0 N–H and O–H groups in total. The predicted octanol–water partition coefficient (Wildman–Crippen LogP) is -0.390. The first kappa shape index (κ1) is 17.9. The van der Waals surface area contributed by atoms with Crippen LogP contribution in [-0.2, 0) is 25.7 Å². The summed E-state index contributed by atoms with van der Waals surface area (Å²) in [5.74, 6) is -0.708. The van der Waals surface area contributed by atoms with Crippen LogP contribution in [0, 0.1) is 5.92 Å². The predicted molar refractivity (Wildman–Crippen MR) is 91.0 cm³/mol. The lowest BCUT2D eigenvalue weighted by Crippen LogP contribution is -2.46. The Morgan fingerprint density at radius 3 is 2.59 bits per heavy atom. The molecule has 1 atom stereocenters. The van der Waals surface area contributed by atoms with Gasteiger partial charge in [-0.25, -0.2) is 4.68 Å². The number of rotatable bonds is 3. The summed E-state index contributed by atoms with van der Waals surface area (Å²) in [4.78, 5) is 41.0. The molecule has 1 spiro atoms. The molecule has 10 nitrogen and oxygen atoms in total. The molecule has 1 aromatic rings. The fraction of sp³-hybridized carbons (Fsp3) is 0.765. The second-order valence-electron chi connectivity index (χ2n) is 7.57. The first-order valence-corrected chi connectivity index (χ1v) is 9.57. The van der Waals surface area contributed by atoms with Crippen LogP contribution in [0.4, 0.5) is 0 Å². The van der Waals surface area contributed by atoms with Crippen molar-refractivity contribution in [3.8, 4) is 0 Å². The van der Waals surface area contributed by atoms with E-state index in [-0.39, 0.29) is 36.7 Å². The van der Waals surface area contributed by atoms with E-state index < -0.39 is 5.60 Å². The van der Waals surface area contributed by atoms with Crippen molar-refractivity contribution in [2.45, 2.75) is 50.7 Å². The maximum absolute atomic E-state index is 13.2. The Bertz CT molecular complexity index is 715. The first-order valence-electron chi connectivity index (χ1n) is 9.57. The number of hydrogen-bond donors (Lipinski definition) is 0. The second-order valence-corrected chi connectivity index (χ2v) is 7.57. The minimum Gasteiger partial charge on any atom is -0.458 e. The molecule has 27 heavy (non-hydrogen) atoms. The maximum atomic E-state index is 13.2. The molecule has 2 amide bonds. The van der Waals surface area contributed by atoms with E-state index in [4.69, 9.17) is 4.74 Å². The van der Waals surface area contributed by atoms with E-state index in [9.17, 15) is 14.4 Å². The van der Waals surface area contributed by atoms with Gasteiger partial charge < -0.3 is 14.5 Å². The van der Waals surface area contributed by atoms with Crippen LogP contribution in [0.5, 0.6) is 0 Å². The smallest absolute Gasteiger partial charge is 0.307 e. The molecule has 1 aromatic heterocycles. The zero-order chi connectivity index (χ0) is 18.9. The van der Waals surface area contributed by atoms with Gasteiger partial charge >= 0.3 is 5.97 Å². The summed E-state index contributed by atoms with van der Waals surface area (Å²) in [7, 11) is 0. The lowest BCUT2D eigenvalue weighted by atomic mass is 9.84. The lowest BCUT2D eigenvalue weighted by Gasteiger charge is -2.32. The standard InChI is InChI=1S/C17H24N6O4/c24-14(11-23-12-18-19-20-23)21-6-3-7-22(9-8-21)16(26)13-10-15(25)27-17(13)4-1-2-5-17/h12-13H,1-11H2. The second kappa shape index (κ2) is 7.24. The van der Waals surface area contributed by atoms with Gasteiger partial charge in [-0.3, -0.25) is 14.4 Å². The topological polar surface area (TPSA) is 111 Å². The van der Waals surface area contributed by atoms with Gasteiger partial charge in [0.2, 0.25) is 11.8 Å². The zero-order valence-corrected chi connectivity index (χ0v) is 15.2. The van der Waals surface area contributed by atoms with Crippen molar-refractivity contribution in [1.29, 1.82) is 0 Å². The summed E-state index contributed by atoms with van der Waals surface area (Å²) in [5.41, 5.74) is -0.587. The fourth-order valence-corrected chi connectivity index (χ4v) is 4.53. The molecular formula is C17H24N6O4. The number of esters is 1. The summed E-state index contributed by atoms with van der Waals surface area (Å²) in [6.45, 7) is 2.22. The molecule has 3 fully saturated rings. The first-order chi connectivity index (χ1) is 13.1. The number of aromatic nitrogens is 4. The average Bonchev–Trinajstić information content (AvgIpc) is 3.34. The molecule has 2 aliphatic heterocycles. The van der Waals surface area contributed by atoms with E-state index in [1.54, 1.807) is 9.80 Å². The van der Waals surface area contributed by atoms with Crippen molar-refractivity contribution in [2.75, 3.05) is 26.2 Å². The van der Waals surface area contributed by atoms with Crippen molar-refractivity contribution < 1.29 is 19.1 Å². The number of hydrogen-bond acceptors (Lipinski definition) is 7. The van der Waals surface area contributed by atoms with Crippen LogP contribution in [0.25, 0.3) is 0 Å². The molecule has 1 aliphatic carbocycles. The minimum absolute atomic E-state index is 0.00229. The van der Waals surface area contributed by atoms with Crippen LogP contribution >= 0.6 is 0 Å². The van der Waals surface area contributed by atoms with E-state index in [2.05, 4.69) is 15.5 Å². The van der Waals surface area contributed by atoms with Gasteiger partial charge in [-0.05, 0) is 42.5 Å². The number of carbonyl (C=O) groups is 3. The normalized spacial score (nSPS) is 24.9. The Morgan fingerprint density at radius 2 is 1.85 bits per heavy atom. The third-order valence-corrected chi connectivity index (χ3v) is 5.92. The van der Waals surface area contributed by atoms with Crippen molar-refractivity contribution in [1.82, 2.24) is 30.0 Å². The molecule has 0 radical (unpaired) electrons. The maximum Gasteiger partial charge on any atom is 0.307 e. The number of tetrazole rings is 1. The molecule has 3 aliphatic rings. The summed E-state index contributed by atoms with van der Waals surface area (Å²) < 4.78 is 7.00. The highest BCUT2D eigenvalue weighted by atomic mass is 16.6. The van der Waals surface area contributed by atoms with Crippen molar-refractivity contribution >= 4 is 17.8 Å². The van der Waals surface area contributed by atoms with Crippen molar-refractivity contribution in [3.63, 3.8) is 0 Å². The highest BCUT2D eigenvalue weighted by Crippen LogP contribution is 2.46. The molecule has 1 unspecified atom stereocenters. The quantitative estimate of drug-likeness (QED) is 0.661. The molecule has 0 bridgehead atoms. The molecular weight excluding hydrogens is 352 g/mol. The van der Waals surface area contributed by atoms with Crippen LogP contribution < -0.4 is 0 Å². The third kappa shape index (κ3) is 3.52. The number of carbonyl (C=O) groups excluding carboxylic acids is 3. The van der Waals surface area contributed by atoms with E-state index in [0.717, 1.165) is 25.7 Å². The molecule has 2 saturated heterocycles. The van der Waals surface area contributed by atoms with Crippen LogP contribution in [-0.4, -0.2) is 79.6 Å². The SMILES string of the molecule is O=C1CC(C(=O)N2CCCN(C(=O)Cn3cnnn3)CC2)C2(CCCC2)O1. The minimum atomic E-state index is -0.587. The largest absolute Gasteiger partial charge is 0.458 e. The Balaban J connectivity index is 1.38. The van der Waals surface area contributed by atoms with Gasteiger partial charge in [0.1, 0.15) is 18.5 Å². The highest BCUT2D eigenvalue weighted by Gasteiger charge is 2.54. The van der Waals surface area contributed by atoms with E-state index in [0.29, 0.717) is 32.6 Å². The van der Waals surface area contributed by atoms with Gasteiger partial charge in [0.05, 0.1) is 12.3 Å². The fourth-order valence-electron chi connectivity index (χ4n) is 4.53. The van der Waals surface area contributed by atoms with Crippen molar-refractivity contribution in [2.24, 2.45) is 5.92 Å². The lowest BCUT2D eigenvalue weighted by molar-refractivity contribution is -0.151. The molecule has 1 saturated carbocycles. The average molecular weight is 376 g/mol. The van der Waals surface area contributed by atoms with Gasteiger partial charge in [-0.2, -0.15) is 0 Å². The Kier molecular flexibility index (Phi) is 4.79. The van der Waals surface area contributed by atoms with Gasteiger partial charge in [0.15, 0.2) is 0 Å². The summed E-state index contributed by atoms with van der Waals surface area (Å²) in [6.07, 6.45) is 5.84. The summed E-state index contributed by atoms with van der Waals surface area (Å²) in [5, 5.41) is 10.8. The van der Waals surface area contributed by atoms with Crippen LogP contribution in [0.2, 0.25) is 0 Å². The number of nitrogens with zero attached hydrogens (tertiary/aromatic N) is 6. The number of ether oxygens (including phenoxy) is 1. The van der Waals surface area contributed by atoms with Gasteiger partial charge in [-0.1, -0.05) is 0 Å². The molecule has 146 valence electrons. The zero-order valence-electron chi connectivity index (χ0n) is 15.2. The van der Waals surface area contributed by atoms with Crippen LogP contribution in [0.3, 0.4) is 0 Å². The molecule has 0 aromatic carbocycles. The van der Waals surface area contributed by atoms with E-state index in [1.807, 2.05) is 0 Å². The molecule has 3 heterocycles. The molecule has 4 rings (SSSR count). The van der Waals surface area contributed by atoms with E-state index in [1.165, 1.54) is 11.0 Å². The van der Waals surface area contributed by atoms with Crippen LogP contribution in [0.15, 0.2) is 6.33 Å². The highest BCUT2D eigenvalue weighted by molar-refractivity contribution is 5.88. The monoisotopic (exact) mass is 376 g/mol. The van der Waals surface area contributed by atoms with Crippen molar-refractivity contribution in [3.05, 3.63) is 6.33 Å². The van der Waals surface area contributed by atoms with E-state index >= 15 is 0 Å². The Labute approximate surface area is 156 Å². The van der Waals surface area contributed by atoms with Gasteiger partial charge in [-0.15, -0.1) is 5.10 Å². The Hall–Kier alpha value is -2.52. The third-order valence-electron chi connectivity index (χ3n) is 5.92. The van der Waals surface area contributed by atoms with Crippen LogP contribution in [0.1, 0.15) is 38.5 Å². The Morgan fingerprint density at radius 1 is 1.11 bits per heavy atom. The summed E-state index contributed by atoms with van der Waals surface area (Å²) in [6, 6.07) is 0. The summed E-state index contributed by atoms with van der Waals surface area (Å²) >= 11 is 0. The van der Waals surface area contributed by atoms with Gasteiger partial charge in [0.25, 0.3) is 0 Å². The number of amides is 2.